The first kappa shape index (κ1) is 21.6. The van der Waals surface area contributed by atoms with Crippen molar-refractivity contribution in [2.75, 3.05) is 5.32 Å². The number of aromatic nitrogens is 1. The van der Waals surface area contributed by atoms with E-state index in [9.17, 15) is 22.0 Å². The molecule has 1 aliphatic carbocycles. The number of pyridine rings is 1. The Kier molecular flexibility index (Phi) is 5.93. The Morgan fingerprint density at radius 2 is 2.03 bits per heavy atom. The van der Waals surface area contributed by atoms with Crippen molar-refractivity contribution in [3.8, 4) is 0 Å². The van der Waals surface area contributed by atoms with Crippen molar-refractivity contribution < 1.29 is 22.0 Å². The molecule has 3 N–H and O–H groups in total. The molecule has 0 aliphatic heterocycles. The third-order valence-corrected chi connectivity index (χ3v) is 6.13. The summed E-state index contributed by atoms with van der Waals surface area (Å²) in [6.07, 6.45) is 0.408. The zero-order valence-electron chi connectivity index (χ0n) is 15.5. The van der Waals surface area contributed by atoms with Gasteiger partial charge in [0, 0.05) is 35.8 Å². The van der Waals surface area contributed by atoms with Crippen molar-refractivity contribution >= 4 is 33.2 Å². The second-order valence-electron chi connectivity index (χ2n) is 7.23. The number of sulfonamides is 1. The van der Waals surface area contributed by atoms with Crippen LogP contribution in [0, 0.1) is 12.8 Å². The van der Waals surface area contributed by atoms with E-state index >= 15 is 0 Å². The molecule has 2 aromatic rings. The fourth-order valence-corrected chi connectivity index (χ4v) is 4.44. The number of anilines is 1. The maximum atomic E-state index is 14.1. The number of carbonyl (C=O) groups excluding carboxylic acids is 1. The monoisotopic (exact) mass is 443 g/mol. The molecule has 1 saturated carbocycles. The molecule has 2 atom stereocenters. The molecule has 1 fully saturated rings. The molecule has 3 rings (SSSR count). The lowest BCUT2D eigenvalue weighted by Crippen LogP contribution is -2.38. The fourth-order valence-electron chi connectivity index (χ4n) is 3.71. The number of aryl methyl sites for hydroxylation is 1. The predicted molar refractivity (Wildman–Crippen MR) is 105 cm³/mol. The first-order valence-electron chi connectivity index (χ1n) is 8.90. The standard InChI is InChI=1S/C19H20ClF2N3O3S/c1-11-8-12(20)2-3-14(11)15-4-6-19(21,22)10-16(15)18(26)25-13-5-7-24-17(9-13)29(23,27)28/h2-3,5,7-9,15-16H,4,6,10H2,1H3,(H2,23,27,28)(H,24,25,26). The van der Waals surface area contributed by atoms with E-state index < -0.39 is 45.1 Å². The largest absolute Gasteiger partial charge is 0.326 e. The van der Waals surface area contributed by atoms with Gasteiger partial charge in [0.05, 0.1) is 5.92 Å². The summed E-state index contributed by atoms with van der Waals surface area (Å²) in [5.41, 5.74) is 1.74. The van der Waals surface area contributed by atoms with E-state index in [4.69, 9.17) is 16.7 Å². The summed E-state index contributed by atoms with van der Waals surface area (Å²) in [5.74, 6) is -4.98. The van der Waals surface area contributed by atoms with Gasteiger partial charge in [0.2, 0.25) is 11.8 Å². The number of rotatable bonds is 4. The minimum Gasteiger partial charge on any atom is -0.326 e. The molecule has 0 bridgehead atoms. The number of benzene rings is 1. The number of nitrogens with zero attached hydrogens (tertiary/aromatic N) is 1. The Balaban J connectivity index is 1.90. The molecule has 2 unspecified atom stereocenters. The van der Waals surface area contributed by atoms with Crippen LogP contribution in [-0.4, -0.2) is 25.2 Å². The maximum absolute atomic E-state index is 14.1. The minimum atomic E-state index is -4.06. The topological polar surface area (TPSA) is 102 Å². The van der Waals surface area contributed by atoms with E-state index in [1.54, 1.807) is 18.2 Å². The smallest absolute Gasteiger partial charge is 0.255 e. The van der Waals surface area contributed by atoms with Crippen LogP contribution in [0.1, 0.15) is 36.3 Å². The van der Waals surface area contributed by atoms with Crippen LogP contribution in [-0.2, 0) is 14.8 Å². The Bertz CT molecular complexity index is 1050. The lowest BCUT2D eigenvalue weighted by atomic mass is 9.72. The average molecular weight is 444 g/mol. The summed E-state index contributed by atoms with van der Waals surface area (Å²) in [7, 11) is -4.06. The molecule has 1 heterocycles. The lowest BCUT2D eigenvalue weighted by Gasteiger charge is -2.36. The van der Waals surface area contributed by atoms with Crippen LogP contribution in [0.2, 0.25) is 5.02 Å². The Morgan fingerprint density at radius 3 is 2.69 bits per heavy atom. The van der Waals surface area contributed by atoms with Gasteiger partial charge in [-0.25, -0.2) is 27.3 Å². The summed E-state index contributed by atoms with van der Waals surface area (Å²) in [6.45, 7) is 1.82. The van der Waals surface area contributed by atoms with Gasteiger partial charge in [-0.1, -0.05) is 17.7 Å². The molecule has 0 spiro atoms. The Morgan fingerprint density at radius 1 is 1.31 bits per heavy atom. The molecule has 1 aromatic heterocycles. The highest BCUT2D eigenvalue weighted by atomic mass is 35.5. The van der Waals surface area contributed by atoms with Gasteiger partial charge < -0.3 is 5.32 Å². The fraction of sp³-hybridized carbons (Fsp3) is 0.368. The summed E-state index contributed by atoms with van der Waals surface area (Å²) in [5, 5.41) is 7.69. The van der Waals surface area contributed by atoms with Crippen LogP contribution in [0.4, 0.5) is 14.5 Å². The quantitative estimate of drug-likeness (QED) is 0.749. The van der Waals surface area contributed by atoms with Crippen molar-refractivity contribution in [2.24, 2.45) is 11.1 Å². The third kappa shape index (κ3) is 5.09. The minimum absolute atomic E-state index is 0.120. The summed E-state index contributed by atoms with van der Waals surface area (Å²) >= 11 is 5.99. The number of amides is 1. The third-order valence-electron chi connectivity index (χ3n) is 5.09. The number of primary sulfonamides is 1. The van der Waals surface area contributed by atoms with Crippen LogP contribution >= 0.6 is 11.6 Å². The van der Waals surface area contributed by atoms with Crippen molar-refractivity contribution in [1.82, 2.24) is 4.98 Å². The van der Waals surface area contributed by atoms with Crippen LogP contribution in [0.5, 0.6) is 0 Å². The van der Waals surface area contributed by atoms with Crippen LogP contribution in [0.3, 0.4) is 0 Å². The molecule has 10 heteroatoms. The van der Waals surface area contributed by atoms with Gasteiger partial charge in [-0.3, -0.25) is 4.79 Å². The summed E-state index contributed by atoms with van der Waals surface area (Å²) in [6, 6.07) is 7.64. The second-order valence-corrected chi connectivity index (χ2v) is 9.17. The van der Waals surface area contributed by atoms with Gasteiger partial charge in [-0.05, 0) is 48.6 Å². The molecule has 0 saturated heterocycles. The summed E-state index contributed by atoms with van der Waals surface area (Å²) < 4.78 is 51.1. The van der Waals surface area contributed by atoms with E-state index in [2.05, 4.69) is 10.3 Å². The molecule has 0 radical (unpaired) electrons. The van der Waals surface area contributed by atoms with E-state index in [-0.39, 0.29) is 18.5 Å². The van der Waals surface area contributed by atoms with Gasteiger partial charge in [-0.2, -0.15) is 0 Å². The summed E-state index contributed by atoms with van der Waals surface area (Å²) in [4.78, 5) is 16.5. The highest BCUT2D eigenvalue weighted by Crippen LogP contribution is 2.46. The molecule has 1 aliphatic rings. The number of nitrogens with two attached hydrogens (primary N) is 1. The van der Waals surface area contributed by atoms with Crippen LogP contribution in [0.25, 0.3) is 0 Å². The number of halogens is 3. The number of carbonyl (C=O) groups is 1. The van der Waals surface area contributed by atoms with Gasteiger partial charge in [-0.15, -0.1) is 0 Å². The molecule has 1 amide bonds. The van der Waals surface area contributed by atoms with Crippen LogP contribution in [0.15, 0.2) is 41.6 Å². The Hall–Kier alpha value is -2.10. The Labute approximate surface area is 172 Å². The molecular formula is C19H20ClF2N3O3S. The SMILES string of the molecule is Cc1cc(Cl)ccc1C1CCC(F)(F)CC1C(=O)Nc1ccnc(S(N)(=O)=O)c1. The van der Waals surface area contributed by atoms with Gasteiger partial charge in [0.15, 0.2) is 5.03 Å². The predicted octanol–water partition coefficient (Wildman–Crippen LogP) is 3.85. The normalized spacial score (nSPS) is 21.6. The van der Waals surface area contributed by atoms with E-state index in [1.165, 1.54) is 12.3 Å². The van der Waals surface area contributed by atoms with Crippen LogP contribution < -0.4 is 10.5 Å². The molecular weight excluding hydrogens is 424 g/mol. The zero-order chi connectivity index (χ0) is 21.4. The lowest BCUT2D eigenvalue weighted by molar-refractivity contribution is -0.128. The highest BCUT2D eigenvalue weighted by molar-refractivity contribution is 7.89. The van der Waals surface area contributed by atoms with E-state index in [0.29, 0.717) is 5.02 Å². The van der Waals surface area contributed by atoms with Gasteiger partial charge in [0.1, 0.15) is 0 Å². The first-order valence-corrected chi connectivity index (χ1v) is 10.8. The average Bonchev–Trinajstić information content (AvgIpc) is 2.61. The first-order chi connectivity index (χ1) is 13.5. The molecule has 1 aromatic carbocycles. The molecule has 6 nitrogen and oxygen atoms in total. The molecule has 29 heavy (non-hydrogen) atoms. The second kappa shape index (κ2) is 7.97. The van der Waals surface area contributed by atoms with Crippen molar-refractivity contribution in [1.29, 1.82) is 0 Å². The van der Waals surface area contributed by atoms with Gasteiger partial charge >= 0.3 is 0 Å². The molecule has 156 valence electrons. The van der Waals surface area contributed by atoms with E-state index in [0.717, 1.165) is 17.2 Å². The van der Waals surface area contributed by atoms with Gasteiger partial charge in [0.25, 0.3) is 10.0 Å². The van der Waals surface area contributed by atoms with Crippen molar-refractivity contribution in [3.63, 3.8) is 0 Å². The van der Waals surface area contributed by atoms with E-state index in [1.807, 2.05) is 6.92 Å². The zero-order valence-corrected chi connectivity index (χ0v) is 17.1. The maximum Gasteiger partial charge on any atom is 0.255 e. The van der Waals surface area contributed by atoms with Crippen molar-refractivity contribution in [2.45, 2.75) is 43.1 Å². The van der Waals surface area contributed by atoms with Crippen molar-refractivity contribution in [3.05, 3.63) is 52.7 Å². The number of alkyl halides is 2. The number of hydrogen-bond donors (Lipinski definition) is 2. The highest BCUT2D eigenvalue weighted by Gasteiger charge is 2.45. The number of hydrogen-bond acceptors (Lipinski definition) is 4. The number of nitrogens with one attached hydrogen (secondary N) is 1.